The molecule has 1 aromatic heterocycles. The maximum absolute atomic E-state index is 13.7. The fraction of sp³-hybridized carbons (Fsp3) is 0.182. The average Bonchev–Trinajstić information content (AvgIpc) is 2.86. The Balaban J connectivity index is 2.37. The van der Waals surface area contributed by atoms with E-state index in [1.165, 1.54) is 29.4 Å². The molecule has 0 aliphatic heterocycles. The van der Waals surface area contributed by atoms with Gasteiger partial charge in [0.2, 0.25) is 0 Å². The topological polar surface area (TPSA) is 84.4 Å². The van der Waals surface area contributed by atoms with Crippen molar-refractivity contribution >= 4 is 29.1 Å². The molecule has 2 aromatic rings. The van der Waals surface area contributed by atoms with Crippen LogP contribution in [0.15, 0.2) is 32.6 Å². The zero-order valence-electron chi connectivity index (χ0n) is 10.00. The Morgan fingerprint density at radius 2 is 2.37 bits per heavy atom. The SMILES string of the molecule is CCc1nsc(Sc2cccc(F)c2C(N)=NO)n1. The molecule has 0 radical (unpaired) electrons. The molecule has 2 rings (SSSR count). The summed E-state index contributed by atoms with van der Waals surface area (Å²) in [7, 11) is 0. The van der Waals surface area contributed by atoms with Crippen molar-refractivity contribution in [3.8, 4) is 0 Å². The lowest BCUT2D eigenvalue weighted by atomic mass is 10.2. The maximum Gasteiger partial charge on any atom is 0.174 e. The number of hydrogen-bond acceptors (Lipinski definition) is 6. The molecule has 3 N–H and O–H groups in total. The summed E-state index contributed by atoms with van der Waals surface area (Å²) in [5.74, 6) is -0.0596. The van der Waals surface area contributed by atoms with E-state index in [1.54, 1.807) is 12.1 Å². The summed E-state index contributed by atoms with van der Waals surface area (Å²) in [6, 6.07) is 4.51. The molecule has 100 valence electrons. The highest BCUT2D eigenvalue weighted by Crippen LogP contribution is 2.32. The minimum absolute atomic E-state index is 0.0725. The van der Waals surface area contributed by atoms with Crippen LogP contribution < -0.4 is 5.73 Å². The number of aromatic nitrogens is 2. The predicted octanol–water partition coefficient (Wildman–Crippen LogP) is 2.49. The third kappa shape index (κ3) is 3.02. The molecule has 0 bridgehead atoms. The number of aryl methyl sites for hydroxylation is 1. The number of nitrogens with two attached hydrogens (primary N) is 1. The Bertz CT molecular complexity index is 614. The second-order valence-corrected chi connectivity index (χ2v) is 5.57. The van der Waals surface area contributed by atoms with Gasteiger partial charge in [-0.2, -0.15) is 4.37 Å². The molecule has 0 spiro atoms. The standard InChI is InChI=1S/C11H11FN4OS2/c1-2-8-14-11(19-16-8)18-7-5-3-4-6(12)9(7)10(13)15-17/h3-5,17H,2H2,1H3,(H2,13,15). The maximum atomic E-state index is 13.7. The Morgan fingerprint density at radius 3 is 3.00 bits per heavy atom. The summed E-state index contributed by atoms with van der Waals surface area (Å²) in [5, 5.41) is 11.6. The normalized spacial score (nSPS) is 11.8. The first-order valence-electron chi connectivity index (χ1n) is 5.42. The van der Waals surface area contributed by atoms with Crippen LogP contribution in [-0.4, -0.2) is 20.4 Å². The van der Waals surface area contributed by atoms with E-state index in [-0.39, 0.29) is 11.4 Å². The molecule has 0 amide bonds. The smallest absolute Gasteiger partial charge is 0.174 e. The van der Waals surface area contributed by atoms with Crippen LogP contribution in [-0.2, 0) is 6.42 Å². The first-order chi connectivity index (χ1) is 9.15. The van der Waals surface area contributed by atoms with Crippen molar-refractivity contribution in [3.63, 3.8) is 0 Å². The van der Waals surface area contributed by atoms with E-state index >= 15 is 0 Å². The zero-order chi connectivity index (χ0) is 13.8. The highest BCUT2D eigenvalue weighted by molar-refractivity contribution is 8.01. The Morgan fingerprint density at radius 1 is 1.58 bits per heavy atom. The van der Waals surface area contributed by atoms with Crippen molar-refractivity contribution in [1.29, 1.82) is 0 Å². The number of rotatable bonds is 4. The lowest BCUT2D eigenvalue weighted by Gasteiger charge is -2.06. The van der Waals surface area contributed by atoms with Crippen LogP contribution in [0, 0.1) is 5.82 Å². The molecule has 1 heterocycles. The zero-order valence-corrected chi connectivity index (χ0v) is 11.6. The molecule has 0 atom stereocenters. The number of hydrogen-bond donors (Lipinski definition) is 2. The van der Waals surface area contributed by atoms with E-state index in [4.69, 9.17) is 10.9 Å². The van der Waals surface area contributed by atoms with Crippen LogP contribution in [0.25, 0.3) is 0 Å². The molecule has 0 fully saturated rings. The van der Waals surface area contributed by atoms with Crippen LogP contribution >= 0.6 is 23.3 Å². The molecule has 1 aromatic carbocycles. The van der Waals surface area contributed by atoms with Crippen LogP contribution in [0.5, 0.6) is 0 Å². The largest absolute Gasteiger partial charge is 0.409 e. The van der Waals surface area contributed by atoms with E-state index in [0.29, 0.717) is 9.24 Å². The van der Waals surface area contributed by atoms with Crippen LogP contribution in [0.1, 0.15) is 18.3 Å². The van der Waals surface area contributed by atoms with Crippen molar-refractivity contribution in [2.24, 2.45) is 10.9 Å². The van der Waals surface area contributed by atoms with Gasteiger partial charge < -0.3 is 10.9 Å². The average molecular weight is 298 g/mol. The Kier molecular flexibility index (Phi) is 4.33. The van der Waals surface area contributed by atoms with Crippen molar-refractivity contribution in [2.45, 2.75) is 22.6 Å². The molecule has 0 saturated heterocycles. The third-order valence-corrected chi connectivity index (χ3v) is 4.15. The molecule has 0 aliphatic rings. The van der Waals surface area contributed by atoms with Crippen LogP contribution in [0.2, 0.25) is 0 Å². The first kappa shape index (κ1) is 13.8. The second kappa shape index (κ2) is 5.98. The van der Waals surface area contributed by atoms with Gasteiger partial charge in [0.05, 0.1) is 5.56 Å². The van der Waals surface area contributed by atoms with Gasteiger partial charge in [-0.25, -0.2) is 9.37 Å². The molecule has 5 nitrogen and oxygen atoms in total. The van der Waals surface area contributed by atoms with Crippen molar-refractivity contribution in [3.05, 3.63) is 35.4 Å². The molecule has 19 heavy (non-hydrogen) atoms. The molecular weight excluding hydrogens is 287 g/mol. The van der Waals surface area contributed by atoms with Gasteiger partial charge in [-0.1, -0.05) is 29.9 Å². The monoisotopic (exact) mass is 298 g/mol. The highest BCUT2D eigenvalue weighted by atomic mass is 32.2. The van der Waals surface area contributed by atoms with Gasteiger partial charge in [0.1, 0.15) is 11.6 Å². The molecule has 8 heteroatoms. The predicted molar refractivity (Wildman–Crippen MR) is 72.3 cm³/mol. The Labute approximate surface area is 117 Å². The van der Waals surface area contributed by atoms with Gasteiger partial charge in [-0.05, 0) is 23.7 Å². The fourth-order valence-corrected chi connectivity index (χ4v) is 3.22. The molecule has 0 saturated carbocycles. The summed E-state index contributed by atoms with van der Waals surface area (Å²) in [6.45, 7) is 1.96. The molecule has 0 aliphatic carbocycles. The minimum atomic E-state index is -0.541. The summed E-state index contributed by atoms with van der Waals surface area (Å²) >= 11 is 2.48. The number of amidine groups is 1. The minimum Gasteiger partial charge on any atom is -0.409 e. The van der Waals surface area contributed by atoms with Crippen molar-refractivity contribution < 1.29 is 9.60 Å². The van der Waals surface area contributed by atoms with E-state index < -0.39 is 5.82 Å². The van der Waals surface area contributed by atoms with Gasteiger partial charge in [0.15, 0.2) is 10.2 Å². The van der Waals surface area contributed by atoms with Gasteiger partial charge in [-0.3, -0.25) is 0 Å². The summed E-state index contributed by atoms with van der Waals surface area (Å²) < 4.78 is 18.6. The van der Waals surface area contributed by atoms with Gasteiger partial charge in [0.25, 0.3) is 0 Å². The quantitative estimate of drug-likeness (QED) is 0.392. The Hall–Kier alpha value is -1.67. The number of oxime groups is 1. The second-order valence-electron chi connectivity index (χ2n) is 3.53. The van der Waals surface area contributed by atoms with Crippen LogP contribution in [0.4, 0.5) is 4.39 Å². The highest BCUT2D eigenvalue weighted by Gasteiger charge is 2.15. The van der Waals surface area contributed by atoms with Crippen molar-refractivity contribution in [2.75, 3.05) is 0 Å². The lowest BCUT2D eigenvalue weighted by molar-refractivity contribution is 0.318. The summed E-state index contributed by atoms with van der Waals surface area (Å²) in [4.78, 5) is 4.82. The molecular formula is C11H11FN4OS2. The van der Waals surface area contributed by atoms with E-state index in [0.717, 1.165) is 12.2 Å². The number of benzene rings is 1. The first-order valence-corrected chi connectivity index (χ1v) is 7.01. The lowest BCUT2D eigenvalue weighted by Crippen LogP contribution is -2.16. The van der Waals surface area contributed by atoms with Gasteiger partial charge in [-0.15, -0.1) is 0 Å². The van der Waals surface area contributed by atoms with E-state index in [2.05, 4.69) is 14.5 Å². The molecule has 0 unspecified atom stereocenters. The fourth-order valence-electron chi connectivity index (χ4n) is 1.41. The van der Waals surface area contributed by atoms with Gasteiger partial charge in [0, 0.05) is 11.3 Å². The van der Waals surface area contributed by atoms with E-state index in [9.17, 15) is 4.39 Å². The summed E-state index contributed by atoms with van der Waals surface area (Å²) in [6.07, 6.45) is 0.743. The van der Waals surface area contributed by atoms with Crippen LogP contribution in [0.3, 0.4) is 0 Å². The number of nitrogens with zero attached hydrogens (tertiary/aromatic N) is 3. The third-order valence-electron chi connectivity index (χ3n) is 2.30. The summed E-state index contributed by atoms with van der Waals surface area (Å²) in [5.41, 5.74) is 5.57. The van der Waals surface area contributed by atoms with Gasteiger partial charge >= 0.3 is 0 Å². The number of halogens is 1. The van der Waals surface area contributed by atoms with E-state index in [1.807, 2.05) is 6.92 Å². The van der Waals surface area contributed by atoms with Crippen molar-refractivity contribution in [1.82, 2.24) is 9.36 Å².